The first-order valence-corrected chi connectivity index (χ1v) is 8.12. The van der Waals surface area contributed by atoms with Crippen LogP contribution in [0.25, 0.3) is 11.0 Å². The molecule has 0 radical (unpaired) electrons. The van der Waals surface area contributed by atoms with Gasteiger partial charge in [0, 0.05) is 11.5 Å². The monoisotopic (exact) mass is 367 g/mol. The van der Waals surface area contributed by atoms with Crippen molar-refractivity contribution in [3.63, 3.8) is 0 Å². The predicted octanol–water partition coefficient (Wildman–Crippen LogP) is 2.49. The maximum atomic E-state index is 12.1. The summed E-state index contributed by atoms with van der Waals surface area (Å²) in [5.74, 6) is -0.650. The van der Waals surface area contributed by atoms with Gasteiger partial charge in [0.15, 0.2) is 6.61 Å². The number of aryl methyl sites for hydroxylation is 2. The van der Waals surface area contributed by atoms with Gasteiger partial charge in [-0.2, -0.15) is 0 Å². The summed E-state index contributed by atoms with van der Waals surface area (Å²) in [6.07, 6.45) is 0. The summed E-state index contributed by atoms with van der Waals surface area (Å²) in [5, 5.41) is 0.481. The Morgan fingerprint density at radius 1 is 1.07 bits per heavy atom. The largest absolute Gasteiger partial charge is 0.481 e. The number of hydrogen-bond acceptors (Lipinski definition) is 6. The molecular formula is C20H17NO6. The molecule has 0 bridgehead atoms. The van der Waals surface area contributed by atoms with Crippen molar-refractivity contribution in [2.45, 2.75) is 13.8 Å². The third-order valence-corrected chi connectivity index (χ3v) is 3.95. The van der Waals surface area contributed by atoms with E-state index in [-0.39, 0.29) is 23.5 Å². The highest BCUT2D eigenvalue weighted by molar-refractivity contribution is 5.95. The molecule has 0 saturated heterocycles. The lowest BCUT2D eigenvalue weighted by Gasteiger charge is -2.11. The molecule has 0 saturated carbocycles. The zero-order valence-electron chi connectivity index (χ0n) is 14.8. The van der Waals surface area contributed by atoms with Crippen LogP contribution in [0.15, 0.2) is 51.7 Å². The van der Waals surface area contributed by atoms with Crippen LogP contribution in [0.1, 0.15) is 21.5 Å². The fraction of sp³-hybridized carbons (Fsp3) is 0.150. The zero-order valence-corrected chi connectivity index (χ0v) is 14.8. The number of primary amides is 1. The van der Waals surface area contributed by atoms with E-state index in [1.54, 1.807) is 6.07 Å². The van der Waals surface area contributed by atoms with Crippen LogP contribution < -0.4 is 20.8 Å². The molecule has 3 aromatic rings. The fourth-order valence-electron chi connectivity index (χ4n) is 2.65. The number of rotatable bonds is 5. The third kappa shape index (κ3) is 3.98. The van der Waals surface area contributed by atoms with Crippen LogP contribution in [0.5, 0.6) is 11.5 Å². The van der Waals surface area contributed by atoms with Gasteiger partial charge in [-0.05, 0) is 43.2 Å². The van der Waals surface area contributed by atoms with Crippen molar-refractivity contribution in [3.8, 4) is 11.5 Å². The third-order valence-electron chi connectivity index (χ3n) is 3.95. The van der Waals surface area contributed by atoms with Gasteiger partial charge in [-0.3, -0.25) is 4.79 Å². The Kier molecular flexibility index (Phi) is 4.94. The molecule has 0 atom stereocenters. The Bertz CT molecular complexity index is 1080. The first-order chi connectivity index (χ1) is 12.8. The number of hydrogen-bond donors (Lipinski definition) is 1. The van der Waals surface area contributed by atoms with E-state index < -0.39 is 17.5 Å². The van der Waals surface area contributed by atoms with Crippen molar-refractivity contribution in [2.75, 3.05) is 6.61 Å². The summed E-state index contributed by atoms with van der Waals surface area (Å²) < 4.78 is 15.8. The highest BCUT2D eigenvalue weighted by Gasteiger charge is 2.13. The van der Waals surface area contributed by atoms with Crippen molar-refractivity contribution in [1.29, 1.82) is 0 Å². The first-order valence-electron chi connectivity index (χ1n) is 8.12. The SMILES string of the molecule is Cc1cccc(C)c1OCC(=O)Oc1ccc2cc(C(N)=O)c(=O)oc2c1. The van der Waals surface area contributed by atoms with E-state index in [4.69, 9.17) is 19.6 Å². The molecule has 27 heavy (non-hydrogen) atoms. The lowest BCUT2D eigenvalue weighted by atomic mass is 10.1. The molecule has 7 heteroatoms. The molecule has 0 spiro atoms. The molecule has 1 amide bonds. The number of carbonyl (C=O) groups is 2. The topological polar surface area (TPSA) is 109 Å². The molecule has 1 aromatic heterocycles. The van der Waals surface area contributed by atoms with Gasteiger partial charge in [0.1, 0.15) is 22.6 Å². The van der Waals surface area contributed by atoms with Crippen molar-refractivity contribution in [2.24, 2.45) is 5.73 Å². The average molecular weight is 367 g/mol. The van der Waals surface area contributed by atoms with Crippen LogP contribution in [0.2, 0.25) is 0 Å². The van der Waals surface area contributed by atoms with Gasteiger partial charge in [0.2, 0.25) is 0 Å². The molecule has 2 aromatic carbocycles. The lowest BCUT2D eigenvalue weighted by molar-refractivity contribution is -0.136. The van der Waals surface area contributed by atoms with E-state index in [1.807, 2.05) is 32.0 Å². The number of para-hydroxylation sites is 1. The molecule has 0 unspecified atom stereocenters. The van der Waals surface area contributed by atoms with Crippen molar-refractivity contribution in [1.82, 2.24) is 0 Å². The summed E-state index contributed by atoms with van der Waals surface area (Å²) in [5.41, 5.74) is 6.04. The smallest absolute Gasteiger partial charge is 0.349 e. The number of carbonyl (C=O) groups excluding carboxylic acids is 2. The fourth-order valence-corrected chi connectivity index (χ4v) is 2.65. The molecule has 2 N–H and O–H groups in total. The second-order valence-corrected chi connectivity index (χ2v) is 6.00. The number of fused-ring (bicyclic) bond motifs is 1. The van der Waals surface area contributed by atoms with Crippen molar-refractivity contribution >= 4 is 22.8 Å². The molecule has 138 valence electrons. The van der Waals surface area contributed by atoms with Gasteiger partial charge >= 0.3 is 11.6 Å². The quantitative estimate of drug-likeness (QED) is 0.422. The molecule has 0 aliphatic heterocycles. The maximum Gasteiger partial charge on any atom is 0.349 e. The minimum atomic E-state index is -0.871. The van der Waals surface area contributed by atoms with Gasteiger partial charge in [-0.1, -0.05) is 18.2 Å². The van der Waals surface area contributed by atoms with Gasteiger partial charge < -0.3 is 19.6 Å². The number of amides is 1. The molecule has 1 heterocycles. The van der Waals surface area contributed by atoms with Crippen molar-refractivity contribution < 1.29 is 23.5 Å². The summed E-state index contributed by atoms with van der Waals surface area (Å²) in [6.45, 7) is 3.51. The summed E-state index contributed by atoms with van der Waals surface area (Å²) in [6, 6.07) is 11.5. The van der Waals surface area contributed by atoms with Crippen molar-refractivity contribution in [3.05, 3.63) is 69.6 Å². The highest BCUT2D eigenvalue weighted by Crippen LogP contribution is 2.23. The Morgan fingerprint density at radius 2 is 1.78 bits per heavy atom. The summed E-state index contributed by atoms with van der Waals surface area (Å²) in [7, 11) is 0. The van der Waals surface area contributed by atoms with E-state index in [2.05, 4.69) is 0 Å². The van der Waals surface area contributed by atoms with Crippen LogP contribution in [0.4, 0.5) is 0 Å². The van der Waals surface area contributed by atoms with Crippen LogP contribution in [0.3, 0.4) is 0 Å². The molecule has 3 rings (SSSR count). The van der Waals surface area contributed by atoms with E-state index in [9.17, 15) is 14.4 Å². The van der Waals surface area contributed by atoms with Gasteiger partial charge in [0.05, 0.1) is 0 Å². The van der Waals surface area contributed by atoms with Gasteiger partial charge in [-0.25, -0.2) is 9.59 Å². The Balaban J connectivity index is 1.74. The summed E-state index contributed by atoms with van der Waals surface area (Å²) in [4.78, 5) is 35.0. The maximum absolute atomic E-state index is 12.1. The van der Waals surface area contributed by atoms with Crippen LogP contribution in [0, 0.1) is 13.8 Å². The minimum Gasteiger partial charge on any atom is -0.481 e. The normalized spacial score (nSPS) is 10.6. The summed E-state index contributed by atoms with van der Waals surface area (Å²) >= 11 is 0. The molecule has 0 aliphatic carbocycles. The van der Waals surface area contributed by atoms with Crippen LogP contribution in [-0.4, -0.2) is 18.5 Å². The van der Waals surface area contributed by atoms with E-state index in [0.717, 1.165) is 11.1 Å². The molecule has 0 aliphatic rings. The zero-order chi connectivity index (χ0) is 19.6. The van der Waals surface area contributed by atoms with Crippen LogP contribution >= 0.6 is 0 Å². The molecular weight excluding hydrogens is 350 g/mol. The number of benzene rings is 2. The molecule has 0 fully saturated rings. The minimum absolute atomic E-state index is 0.172. The second kappa shape index (κ2) is 7.33. The Hall–Kier alpha value is -3.61. The van der Waals surface area contributed by atoms with E-state index >= 15 is 0 Å². The highest BCUT2D eigenvalue weighted by atomic mass is 16.6. The standard InChI is InChI=1S/C20H17NO6/c1-11-4-3-5-12(2)18(11)25-10-17(22)26-14-7-6-13-8-15(19(21)23)20(24)27-16(13)9-14/h3-9H,10H2,1-2H3,(H2,21,23). The first kappa shape index (κ1) is 18.2. The lowest BCUT2D eigenvalue weighted by Crippen LogP contribution is -2.20. The van der Waals surface area contributed by atoms with E-state index in [0.29, 0.717) is 11.1 Å². The van der Waals surface area contributed by atoms with Gasteiger partial charge in [-0.15, -0.1) is 0 Å². The predicted molar refractivity (Wildman–Crippen MR) is 98.0 cm³/mol. The van der Waals surface area contributed by atoms with Crippen LogP contribution in [-0.2, 0) is 4.79 Å². The Labute approximate surface area is 154 Å². The second-order valence-electron chi connectivity index (χ2n) is 6.00. The average Bonchev–Trinajstić information content (AvgIpc) is 2.60. The van der Waals surface area contributed by atoms with E-state index in [1.165, 1.54) is 18.2 Å². The number of nitrogens with two attached hydrogens (primary N) is 1. The Morgan fingerprint density at radius 3 is 2.44 bits per heavy atom. The number of ether oxygens (including phenoxy) is 2. The van der Waals surface area contributed by atoms with Gasteiger partial charge in [0.25, 0.3) is 5.91 Å². The number of esters is 1. The molecule has 7 nitrogen and oxygen atoms in total.